The van der Waals surface area contributed by atoms with Crippen LogP contribution in [-0.4, -0.2) is 54.7 Å². The summed E-state index contributed by atoms with van der Waals surface area (Å²) in [4.78, 5) is 19.0. The van der Waals surface area contributed by atoms with Crippen molar-refractivity contribution in [2.75, 3.05) is 26.2 Å². The molecule has 0 saturated carbocycles. The van der Waals surface area contributed by atoms with Gasteiger partial charge in [0, 0.05) is 37.6 Å². The predicted octanol–water partition coefficient (Wildman–Crippen LogP) is 3.30. The van der Waals surface area contributed by atoms with E-state index in [4.69, 9.17) is 0 Å². The molecule has 0 aliphatic carbocycles. The molecule has 0 radical (unpaired) electrons. The van der Waals surface area contributed by atoms with Gasteiger partial charge in [-0.1, -0.05) is 6.07 Å². The van der Waals surface area contributed by atoms with E-state index in [1.807, 2.05) is 17.5 Å². The average Bonchev–Trinajstić information content (AvgIpc) is 3.39. The molecule has 1 aliphatic heterocycles. The second-order valence-corrected chi connectivity index (χ2v) is 10.00. The summed E-state index contributed by atoms with van der Waals surface area (Å²) >= 11 is 2.91. The van der Waals surface area contributed by atoms with Crippen molar-refractivity contribution in [3.05, 3.63) is 58.4 Å². The van der Waals surface area contributed by atoms with Gasteiger partial charge < -0.3 is 4.90 Å². The minimum absolute atomic E-state index is 0.0206. The molecule has 0 unspecified atom stereocenters. The Morgan fingerprint density at radius 1 is 1.07 bits per heavy atom. The molecule has 0 N–H and O–H groups in total. The predicted molar refractivity (Wildman–Crippen MR) is 106 cm³/mol. The van der Waals surface area contributed by atoms with Crippen LogP contribution in [-0.2, 0) is 10.0 Å². The van der Waals surface area contributed by atoms with Crippen molar-refractivity contribution < 1.29 is 22.0 Å². The second kappa shape index (κ2) is 7.90. The third kappa shape index (κ3) is 3.95. The van der Waals surface area contributed by atoms with Crippen LogP contribution in [0, 0.1) is 11.6 Å². The molecular formula is C18H15F2N3O3S3. The monoisotopic (exact) mass is 455 g/mol. The summed E-state index contributed by atoms with van der Waals surface area (Å²) in [7, 11) is -4.11. The summed E-state index contributed by atoms with van der Waals surface area (Å²) in [5.41, 5.74) is 0.319. The Morgan fingerprint density at radius 3 is 2.48 bits per heavy atom. The summed E-state index contributed by atoms with van der Waals surface area (Å²) in [6.45, 7) is 0.360. The van der Waals surface area contributed by atoms with E-state index in [9.17, 15) is 22.0 Å². The number of hydrogen-bond donors (Lipinski definition) is 0. The smallest absolute Gasteiger partial charge is 0.273 e. The van der Waals surface area contributed by atoms with Gasteiger partial charge in [0.15, 0.2) is 0 Å². The number of thiazole rings is 1. The van der Waals surface area contributed by atoms with Crippen molar-refractivity contribution in [2.45, 2.75) is 4.90 Å². The van der Waals surface area contributed by atoms with Gasteiger partial charge in [0.2, 0.25) is 10.0 Å². The molecule has 11 heteroatoms. The van der Waals surface area contributed by atoms with Crippen LogP contribution in [0.2, 0.25) is 0 Å². The van der Waals surface area contributed by atoms with Gasteiger partial charge in [-0.05, 0) is 23.6 Å². The van der Waals surface area contributed by atoms with Gasteiger partial charge in [0.1, 0.15) is 27.2 Å². The van der Waals surface area contributed by atoms with Crippen LogP contribution < -0.4 is 0 Å². The van der Waals surface area contributed by atoms with E-state index in [1.54, 1.807) is 5.38 Å². The van der Waals surface area contributed by atoms with Gasteiger partial charge >= 0.3 is 0 Å². The number of nitrogens with zero attached hydrogens (tertiary/aromatic N) is 3. The fourth-order valence-electron chi connectivity index (χ4n) is 3.00. The maximum atomic E-state index is 13.9. The number of halogens is 2. The third-order valence-electron chi connectivity index (χ3n) is 4.49. The number of rotatable bonds is 4. The Morgan fingerprint density at radius 2 is 1.83 bits per heavy atom. The van der Waals surface area contributed by atoms with Crippen LogP contribution in [0.25, 0.3) is 9.88 Å². The van der Waals surface area contributed by atoms with Crippen molar-refractivity contribution in [3.63, 3.8) is 0 Å². The minimum Gasteiger partial charge on any atom is -0.335 e. The van der Waals surface area contributed by atoms with Crippen molar-refractivity contribution in [3.8, 4) is 9.88 Å². The first-order chi connectivity index (χ1) is 13.9. The first-order valence-corrected chi connectivity index (χ1v) is 11.8. The summed E-state index contributed by atoms with van der Waals surface area (Å²) < 4.78 is 53.4. The standard InChI is InChI=1S/C18H15F2N3O3S3/c19-12-3-4-16(13(20)10-12)29(25,26)23-7-5-22(6-8-23)18(24)14-11-28-17(21-14)15-2-1-9-27-15/h1-4,9-11H,5-8H2. The molecule has 1 aromatic carbocycles. The lowest BCUT2D eigenvalue weighted by molar-refractivity contribution is 0.0692. The Kier molecular flexibility index (Phi) is 5.47. The van der Waals surface area contributed by atoms with Crippen molar-refractivity contribution >= 4 is 38.6 Å². The van der Waals surface area contributed by atoms with E-state index < -0.39 is 26.6 Å². The minimum atomic E-state index is -4.11. The third-order valence-corrected chi connectivity index (χ3v) is 8.31. The molecule has 1 amide bonds. The zero-order valence-corrected chi connectivity index (χ0v) is 17.4. The number of piperazine rings is 1. The van der Waals surface area contributed by atoms with Crippen LogP contribution in [0.5, 0.6) is 0 Å². The number of hydrogen-bond acceptors (Lipinski definition) is 6. The van der Waals surface area contributed by atoms with E-state index in [1.165, 1.54) is 27.6 Å². The lowest BCUT2D eigenvalue weighted by Gasteiger charge is -2.33. The maximum absolute atomic E-state index is 13.9. The summed E-state index contributed by atoms with van der Waals surface area (Å²) in [6.07, 6.45) is 0. The number of sulfonamides is 1. The van der Waals surface area contributed by atoms with Gasteiger partial charge in [-0.3, -0.25) is 4.79 Å². The molecule has 152 valence electrons. The molecule has 0 bridgehead atoms. The molecule has 3 heterocycles. The number of thiophene rings is 1. The van der Waals surface area contributed by atoms with Crippen molar-refractivity contribution in [1.82, 2.24) is 14.2 Å². The van der Waals surface area contributed by atoms with E-state index in [0.29, 0.717) is 11.8 Å². The molecule has 3 aromatic rings. The Labute approximate surface area is 174 Å². The molecule has 29 heavy (non-hydrogen) atoms. The summed E-state index contributed by atoms with van der Waals surface area (Å²) in [5, 5.41) is 4.38. The molecule has 4 rings (SSSR count). The number of carbonyl (C=O) groups excluding carboxylic acids is 1. The van der Waals surface area contributed by atoms with Gasteiger partial charge in [0.05, 0.1) is 4.88 Å². The molecule has 6 nitrogen and oxygen atoms in total. The highest BCUT2D eigenvalue weighted by atomic mass is 32.2. The van der Waals surface area contributed by atoms with Gasteiger partial charge in [-0.2, -0.15) is 4.31 Å². The summed E-state index contributed by atoms with van der Waals surface area (Å²) in [5.74, 6) is -2.25. The molecule has 1 aliphatic rings. The number of amides is 1. The zero-order chi connectivity index (χ0) is 20.6. The van der Waals surface area contributed by atoms with E-state index in [-0.39, 0.29) is 32.1 Å². The summed E-state index contributed by atoms with van der Waals surface area (Å²) in [6, 6.07) is 6.20. The van der Waals surface area contributed by atoms with Gasteiger partial charge in [-0.15, -0.1) is 22.7 Å². The normalized spacial score (nSPS) is 15.6. The lowest BCUT2D eigenvalue weighted by Crippen LogP contribution is -2.50. The molecule has 0 spiro atoms. The molecule has 0 atom stereocenters. The largest absolute Gasteiger partial charge is 0.335 e. The Hall–Kier alpha value is -2.21. The quantitative estimate of drug-likeness (QED) is 0.605. The highest BCUT2D eigenvalue weighted by Gasteiger charge is 2.32. The van der Waals surface area contributed by atoms with Crippen molar-refractivity contribution in [1.29, 1.82) is 0 Å². The van der Waals surface area contributed by atoms with Crippen LogP contribution in [0.4, 0.5) is 8.78 Å². The lowest BCUT2D eigenvalue weighted by atomic mass is 10.3. The van der Waals surface area contributed by atoms with Gasteiger partial charge in [0.25, 0.3) is 5.91 Å². The van der Waals surface area contributed by atoms with E-state index >= 15 is 0 Å². The van der Waals surface area contributed by atoms with Crippen LogP contribution in [0.15, 0.2) is 46.0 Å². The van der Waals surface area contributed by atoms with Crippen molar-refractivity contribution in [2.24, 2.45) is 0 Å². The maximum Gasteiger partial charge on any atom is 0.273 e. The molecular weight excluding hydrogens is 440 g/mol. The SMILES string of the molecule is O=C(c1csc(-c2cccs2)n1)N1CCN(S(=O)(=O)c2ccc(F)cc2F)CC1. The highest BCUT2D eigenvalue weighted by Crippen LogP contribution is 2.28. The van der Waals surface area contributed by atoms with Crippen LogP contribution in [0.1, 0.15) is 10.5 Å². The first kappa shape index (κ1) is 20.1. The van der Waals surface area contributed by atoms with E-state index in [0.717, 1.165) is 26.3 Å². The Balaban J connectivity index is 1.44. The van der Waals surface area contributed by atoms with Crippen LogP contribution >= 0.6 is 22.7 Å². The topological polar surface area (TPSA) is 70.6 Å². The first-order valence-electron chi connectivity index (χ1n) is 8.60. The Bertz CT molecular complexity index is 1140. The molecule has 1 saturated heterocycles. The highest BCUT2D eigenvalue weighted by molar-refractivity contribution is 7.89. The number of benzene rings is 1. The average molecular weight is 456 g/mol. The number of aromatic nitrogens is 1. The van der Waals surface area contributed by atoms with Crippen LogP contribution in [0.3, 0.4) is 0 Å². The molecule has 2 aromatic heterocycles. The van der Waals surface area contributed by atoms with E-state index in [2.05, 4.69) is 4.98 Å². The molecule has 1 fully saturated rings. The zero-order valence-electron chi connectivity index (χ0n) is 14.9. The fourth-order valence-corrected chi connectivity index (χ4v) is 6.08. The second-order valence-electron chi connectivity index (χ2n) is 6.29. The van der Waals surface area contributed by atoms with Gasteiger partial charge in [-0.25, -0.2) is 22.2 Å². The fraction of sp³-hybridized carbons (Fsp3) is 0.222. The number of carbonyl (C=O) groups is 1.